The zero-order valence-electron chi connectivity index (χ0n) is 21.2. The van der Waals surface area contributed by atoms with Crippen LogP contribution in [-0.2, 0) is 9.53 Å². The SMILES string of the molecule is CO[C@@H]1C[C@@H](NC(=O)C2Sc3nccc4c3C2NC(=O)N4c2ccc(Oc3ccccc3)cc2)CN(C)C1. The van der Waals surface area contributed by atoms with Crippen LogP contribution in [0, 0.1) is 0 Å². The zero-order chi connectivity index (χ0) is 26.2. The first-order chi connectivity index (χ1) is 18.5. The van der Waals surface area contributed by atoms with Crippen LogP contribution in [0.5, 0.6) is 11.5 Å². The Kier molecular flexibility index (Phi) is 6.69. The molecule has 9 nitrogen and oxygen atoms in total. The van der Waals surface area contributed by atoms with E-state index in [1.54, 1.807) is 18.2 Å². The van der Waals surface area contributed by atoms with Gasteiger partial charge >= 0.3 is 6.03 Å². The molecule has 3 aliphatic heterocycles. The quantitative estimate of drug-likeness (QED) is 0.495. The number of carbonyl (C=O) groups is 2. The summed E-state index contributed by atoms with van der Waals surface area (Å²) in [5, 5.41) is 6.53. The Balaban J connectivity index is 1.21. The number of amides is 3. The average Bonchev–Trinajstić information content (AvgIpc) is 3.29. The highest BCUT2D eigenvalue weighted by Crippen LogP contribution is 2.50. The minimum Gasteiger partial charge on any atom is -0.457 e. The molecule has 0 saturated carbocycles. The van der Waals surface area contributed by atoms with Crippen LogP contribution in [0.2, 0.25) is 0 Å². The number of benzene rings is 2. The molecule has 1 saturated heterocycles. The van der Waals surface area contributed by atoms with Gasteiger partial charge in [-0.2, -0.15) is 0 Å². The molecule has 6 rings (SSSR count). The number of carbonyl (C=O) groups excluding carboxylic acids is 2. The van der Waals surface area contributed by atoms with Crippen LogP contribution in [0.25, 0.3) is 0 Å². The summed E-state index contributed by atoms with van der Waals surface area (Å²) in [6.07, 6.45) is 2.53. The van der Waals surface area contributed by atoms with Crippen LogP contribution in [0.15, 0.2) is 71.9 Å². The summed E-state index contributed by atoms with van der Waals surface area (Å²) in [6, 6.07) is 18.0. The van der Waals surface area contributed by atoms with Gasteiger partial charge < -0.3 is 25.0 Å². The van der Waals surface area contributed by atoms with Gasteiger partial charge in [0, 0.05) is 38.0 Å². The number of methoxy groups -OCH3 is 1. The first kappa shape index (κ1) is 24.7. The van der Waals surface area contributed by atoms with Crippen molar-refractivity contribution >= 4 is 35.1 Å². The Hall–Kier alpha value is -3.60. The van der Waals surface area contributed by atoms with Crippen LogP contribution >= 0.6 is 11.8 Å². The molecule has 0 spiro atoms. The number of thioether (sulfide) groups is 1. The molecular formula is C28H29N5O4S. The molecule has 10 heteroatoms. The Morgan fingerprint density at radius 2 is 1.84 bits per heavy atom. The number of piperidine rings is 1. The fraction of sp³-hybridized carbons (Fsp3) is 0.321. The predicted molar refractivity (Wildman–Crippen MR) is 145 cm³/mol. The van der Waals surface area contributed by atoms with E-state index in [-0.39, 0.29) is 24.1 Å². The molecule has 3 amide bonds. The van der Waals surface area contributed by atoms with E-state index >= 15 is 0 Å². The summed E-state index contributed by atoms with van der Waals surface area (Å²) in [4.78, 5) is 35.2. The highest BCUT2D eigenvalue weighted by molar-refractivity contribution is 8.01. The lowest BCUT2D eigenvalue weighted by molar-refractivity contribution is -0.122. The van der Waals surface area contributed by atoms with Gasteiger partial charge in [0.2, 0.25) is 5.91 Å². The van der Waals surface area contributed by atoms with E-state index in [9.17, 15) is 9.59 Å². The molecule has 196 valence electrons. The molecule has 2 aromatic carbocycles. The lowest BCUT2D eigenvalue weighted by atomic mass is 9.99. The van der Waals surface area contributed by atoms with Crippen LogP contribution in [0.1, 0.15) is 18.0 Å². The number of urea groups is 1. The first-order valence-electron chi connectivity index (χ1n) is 12.6. The van der Waals surface area contributed by atoms with Gasteiger partial charge in [-0.1, -0.05) is 30.0 Å². The topological polar surface area (TPSA) is 96.0 Å². The van der Waals surface area contributed by atoms with Gasteiger partial charge in [-0.15, -0.1) is 0 Å². The molecule has 2 unspecified atom stereocenters. The van der Waals surface area contributed by atoms with Crippen molar-refractivity contribution in [1.29, 1.82) is 0 Å². The zero-order valence-corrected chi connectivity index (χ0v) is 22.0. The third kappa shape index (κ3) is 4.70. The van der Waals surface area contributed by atoms with Crippen molar-refractivity contribution in [1.82, 2.24) is 20.5 Å². The molecule has 0 radical (unpaired) electrons. The molecule has 3 aromatic rings. The van der Waals surface area contributed by atoms with E-state index < -0.39 is 11.3 Å². The summed E-state index contributed by atoms with van der Waals surface area (Å²) in [5.74, 6) is 1.31. The summed E-state index contributed by atoms with van der Waals surface area (Å²) >= 11 is 1.40. The van der Waals surface area contributed by atoms with E-state index in [1.165, 1.54) is 11.8 Å². The maximum Gasteiger partial charge on any atom is 0.327 e. The number of para-hydroxylation sites is 1. The number of hydrogen-bond acceptors (Lipinski definition) is 7. The standard InChI is InChI=1S/C28H29N5O4S/c1-32-15-17(14-21(16-32)36-2)30-26(34)25-24-23-22(12-13-29-27(23)38-25)33(28(35)31-24)18-8-10-20(11-9-18)37-19-6-4-3-5-7-19/h3-13,17,21,24-25H,14-16H2,1-2H3,(H,30,34)(H,31,35)/t17-,21-,24?,25?/m1/s1. The number of hydrogen-bond donors (Lipinski definition) is 2. The lowest BCUT2D eigenvalue weighted by Crippen LogP contribution is -2.55. The first-order valence-corrected chi connectivity index (χ1v) is 13.5. The second kappa shape index (κ2) is 10.3. The van der Waals surface area contributed by atoms with Crippen molar-refractivity contribution in [3.05, 3.63) is 72.4 Å². The smallest absolute Gasteiger partial charge is 0.327 e. The lowest BCUT2D eigenvalue weighted by Gasteiger charge is -2.37. The molecule has 0 bridgehead atoms. The number of likely N-dealkylation sites (tertiary alicyclic amines) is 1. The number of aromatic nitrogens is 1. The number of anilines is 2. The number of nitrogens with zero attached hydrogens (tertiary/aromatic N) is 3. The van der Waals surface area contributed by atoms with Crippen molar-refractivity contribution in [2.75, 3.05) is 32.1 Å². The van der Waals surface area contributed by atoms with E-state index in [0.717, 1.165) is 41.5 Å². The van der Waals surface area contributed by atoms with Gasteiger partial charge in [0.05, 0.1) is 23.5 Å². The van der Waals surface area contributed by atoms with Crippen molar-refractivity contribution in [2.45, 2.75) is 34.9 Å². The van der Waals surface area contributed by atoms with Gasteiger partial charge in [-0.05, 0) is 55.9 Å². The third-order valence-electron chi connectivity index (χ3n) is 7.11. The fourth-order valence-corrected chi connectivity index (χ4v) is 6.63. The highest BCUT2D eigenvalue weighted by Gasteiger charge is 2.47. The molecule has 2 N–H and O–H groups in total. The Morgan fingerprint density at radius 3 is 2.61 bits per heavy atom. The maximum atomic E-state index is 13.4. The van der Waals surface area contributed by atoms with Crippen LogP contribution < -0.4 is 20.3 Å². The largest absolute Gasteiger partial charge is 0.457 e. The molecule has 4 atom stereocenters. The van der Waals surface area contributed by atoms with Gasteiger partial charge in [0.1, 0.15) is 21.8 Å². The van der Waals surface area contributed by atoms with Gasteiger partial charge in [0.15, 0.2) is 0 Å². The number of likely N-dealkylation sites (N-methyl/N-ethyl adjacent to an activating group) is 1. The monoisotopic (exact) mass is 531 g/mol. The van der Waals surface area contributed by atoms with E-state index in [2.05, 4.69) is 20.5 Å². The summed E-state index contributed by atoms with van der Waals surface area (Å²) in [7, 11) is 3.73. The van der Waals surface area contributed by atoms with Crippen molar-refractivity contribution < 1.29 is 19.1 Å². The van der Waals surface area contributed by atoms with Crippen LogP contribution in [0.3, 0.4) is 0 Å². The molecule has 3 aliphatic rings. The van der Waals surface area contributed by atoms with E-state index in [0.29, 0.717) is 11.4 Å². The minimum atomic E-state index is -0.500. The molecule has 1 aromatic heterocycles. The van der Waals surface area contributed by atoms with Crippen molar-refractivity contribution in [3.8, 4) is 11.5 Å². The summed E-state index contributed by atoms with van der Waals surface area (Å²) < 4.78 is 11.4. The summed E-state index contributed by atoms with van der Waals surface area (Å²) in [5.41, 5.74) is 2.31. The molecule has 4 heterocycles. The normalized spacial score (nSPS) is 24.5. The highest BCUT2D eigenvalue weighted by atomic mass is 32.2. The van der Waals surface area contributed by atoms with Crippen molar-refractivity contribution in [3.63, 3.8) is 0 Å². The molecule has 0 aliphatic carbocycles. The van der Waals surface area contributed by atoms with Crippen molar-refractivity contribution in [2.24, 2.45) is 0 Å². The molecule has 38 heavy (non-hydrogen) atoms. The van der Waals surface area contributed by atoms with E-state index in [4.69, 9.17) is 9.47 Å². The second-order valence-electron chi connectivity index (χ2n) is 9.78. The fourth-order valence-electron chi connectivity index (χ4n) is 5.39. The maximum absolute atomic E-state index is 13.4. The third-order valence-corrected chi connectivity index (χ3v) is 8.40. The number of rotatable bonds is 6. The summed E-state index contributed by atoms with van der Waals surface area (Å²) in [6.45, 7) is 1.60. The predicted octanol–water partition coefficient (Wildman–Crippen LogP) is 4.09. The second-order valence-corrected chi connectivity index (χ2v) is 10.9. The Morgan fingerprint density at radius 1 is 1.08 bits per heavy atom. The number of pyridine rings is 1. The molecular weight excluding hydrogens is 502 g/mol. The Labute approximate surface area is 225 Å². The number of nitrogens with one attached hydrogen (secondary N) is 2. The number of ether oxygens (including phenoxy) is 2. The van der Waals surface area contributed by atoms with Crippen LogP contribution in [-0.4, -0.2) is 66.5 Å². The van der Waals surface area contributed by atoms with Crippen LogP contribution in [0.4, 0.5) is 16.2 Å². The Bertz CT molecular complexity index is 1340. The molecule has 1 fully saturated rings. The van der Waals surface area contributed by atoms with Gasteiger partial charge in [-0.25, -0.2) is 9.78 Å². The van der Waals surface area contributed by atoms with E-state index in [1.807, 2.05) is 67.7 Å². The van der Waals surface area contributed by atoms with Gasteiger partial charge in [-0.3, -0.25) is 9.69 Å². The van der Waals surface area contributed by atoms with Gasteiger partial charge in [0.25, 0.3) is 0 Å². The minimum absolute atomic E-state index is 0.0182. The average molecular weight is 532 g/mol.